The highest BCUT2D eigenvalue weighted by atomic mass is 19.1. The first kappa shape index (κ1) is 24.5. The van der Waals surface area contributed by atoms with E-state index in [9.17, 15) is 19.2 Å². The van der Waals surface area contributed by atoms with E-state index in [0.717, 1.165) is 23.8 Å². The molecule has 0 bridgehead atoms. The largest absolute Gasteiger partial charge is 0.352 e. The maximum atomic E-state index is 15.5. The molecule has 2 heterocycles. The van der Waals surface area contributed by atoms with Crippen LogP contribution in [0.1, 0.15) is 56.6 Å². The fraction of sp³-hybridized carbons (Fsp3) is 0.250. The van der Waals surface area contributed by atoms with Crippen LogP contribution in [-0.2, 0) is 46.7 Å². The minimum Gasteiger partial charge on any atom is -0.352 e. The standard InChI is InChI=1S/C32H26FN3O4/c33-30-21(9-11-23-24(30)16-36(32(23)40)25-12-13-26(37)35-31(25)39)15-34-27(38)14-20-7-6-19-5-4-17-2-1-3-18-8-10-22(20)29(19)28(17)18/h1-2,4,6-11,25H,3,5,12-16H2,(H,34,38)(H,35,37,39). The molecule has 1 unspecified atom stereocenters. The minimum absolute atomic E-state index is 0.0202. The quantitative estimate of drug-likeness (QED) is 0.488. The summed E-state index contributed by atoms with van der Waals surface area (Å²) in [6.07, 6.45) is 8.88. The number of hydrogen-bond donors (Lipinski definition) is 2. The van der Waals surface area contributed by atoms with Crippen molar-refractivity contribution in [3.05, 3.63) is 99.4 Å². The number of allylic oxidation sites excluding steroid dienone is 4. The van der Waals surface area contributed by atoms with Crippen LogP contribution < -0.4 is 10.6 Å². The van der Waals surface area contributed by atoms with Gasteiger partial charge in [0.1, 0.15) is 11.9 Å². The number of fused-ring (bicyclic) bond motifs is 1. The van der Waals surface area contributed by atoms with Gasteiger partial charge in [-0.15, -0.1) is 0 Å². The molecule has 2 aliphatic carbocycles. The van der Waals surface area contributed by atoms with Crippen molar-refractivity contribution in [2.45, 2.75) is 51.2 Å². The number of nitrogens with zero attached hydrogens (tertiary/aromatic N) is 1. The van der Waals surface area contributed by atoms with Gasteiger partial charge in [-0.25, -0.2) is 4.39 Å². The topological polar surface area (TPSA) is 95.6 Å². The number of hydrogen-bond acceptors (Lipinski definition) is 4. The van der Waals surface area contributed by atoms with Gasteiger partial charge in [-0.05, 0) is 63.9 Å². The highest BCUT2D eigenvalue weighted by Gasteiger charge is 2.40. The van der Waals surface area contributed by atoms with E-state index in [0.29, 0.717) is 0 Å². The van der Waals surface area contributed by atoms with Crippen LogP contribution >= 0.6 is 0 Å². The normalized spacial score (nSPS) is 19.0. The van der Waals surface area contributed by atoms with Gasteiger partial charge in [0.05, 0.1) is 13.0 Å². The molecule has 7 nitrogen and oxygen atoms in total. The number of nitrogens with one attached hydrogen (secondary N) is 2. The smallest absolute Gasteiger partial charge is 0.255 e. The number of carbonyl (C=O) groups is 4. The first-order chi connectivity index (χ1) is 19.4. The molecule has 7 rings (SSSR count). The molecule has 3 aromatic carbocycles. The van der Waals surface area contributed by atoms with Crippen LogP contribution in [0.15, 0.2) is 54.6 Å². The number of imide groups is 1. The van der Waals surface area contributed by atoms with Gasteiger partial charge in [0.25, 0.3) is 5.91 Å². The van der Waals surface area contributed by atoms with E-state index in [2.05, 4.69) is 47.1 Å². The monoisotopic (exact) mass is 535 g/mol. The van der Waals surface area contributed by atoms with E-state index in [1.807, 2.05) is 6.07 Å². The van der Waals surface area contributed by atoms with E-state index in [1.54, 1.807) is 6.07 Å². The second-order valence-corrected chi connectivity index (χ2v) is 10.8. The maximum absolute atomic E-state index is 15.5. The molecule has 2 N–H and O–H groups in total. The zero-order valence-electron chi connectivity index (χ0n) is 21.7. The lowest BCUT2D eigenvalue weighted by Gasteiger charge is -2.29. The molecule has 200 valence electrons. The van der Waals surface area contributed by atoms with Gasteiger partial charge in [-0.2, -0.15) is 0 Å². The molecule has 1 atom stereocenters. The molecule has 1 saturated heterocycles. The Morgan fingerprint density at radius 2 is 1.85 bits per heavy atom. The molecule has 0 aromatic heterocycles. The predicted octanol–water partition coefficient (Wildman–Crippen LogP) is 3.65. The number of halogens is 1. The first-order valence-corrected chi connectivity index (χ1v) is 13.5. The van der Waals surface area contributed by atoms with Crippen molar-refractivity contribution in [1.82, 2.24) is 15.5 Å². The first-order valence-electron chi connectivity index (χ1n) is 13.5. The third kappa shape index (κ3) is 3.86. The van der Waals surface area contributed by atoms with E-state index < -0.39 is 23.7 Å². The molecule has 0 spiro atoms. The number of rotatable bonds is 5. The van der Waals surface area contributed by atoms with Gasteiger partial charge in [0.2, 0.25) is 17.7 Å². The molecular weight excluding hydrogens is 509 g/mol. The summed E-state index contributed by atoms with van der Waals surface area (Å²) in [6.45, 7) is -0.0734. The summed E-state index contributed by atoms with van der Waals surface area (Å²) in [4.78, 5) is 51.0. The van der Waals surface area contributed by atoms with E-state index >= 15 is 4.39 Å². The fourth-order valence-electron chi connectivity index (χ4n) is 6.45. The average Bonchev–Trinajstić information content (AvgIpc) is 3.29. The highest BCUT2D eigenvalue weighted by Crippen LogP contribution is 2.40. The summed E-state index contributed by atoms with van der Waals surface area (Å²) in [7, 11) is 0. The third-order valence-electron chi connectivity index (χ3n) is 8.47. The fourth-order valence-corrected chi connectivity index (χ4v) is 6.45. The Hall–Kier alpha value is -4.59. The Kier molecular flexibility index (Phi) is 5.66. The Bertz CT molecular complexity index is 1740. The molecule has 4 amide bonds. The average molecular weight is 536 g/mol. The molecule has 3 aromatic rings. The lowest BCUT2D eigenvalue weighted by Crippen LogP contribution is -2.52. The summed E-state index contributed by atoms with van der Waals surface area (Å²) in [5.41, 5.74) is 6.68. The lowest BCUT2D eigenvalue weighted by atomic mass is 9.80. The second kappa shape index (κ2) is 9.26. The van der Waals surface area contributed by atoms with Crippen molar-refractivity contribution >= 4 is 40.0 Å². The van der Waals surface area contributed by atoms with Crippen LogP contribution in [0.25, 0.3) is 16.3 Å². The van der Waals surface area contributed by atoms with E-state index in [-0.39, 0.29) is 60.9 Å². The van der Waals surface area contributed by atoms with Gasteiger partial charge >= 0.3 is 0 Å². The number of benzene rings is 3. The van der Waals surface area contributed by atoms with Crippen LogP contribution in [0.4, 0.5) is 4.39 Å². The SMILES string of the molecule is O=C(Cc1ccc2c3c4c(ccc13)CC=CC4=CC2)NCc1ccc2c(c1F)CN(C1CCC(=O)NC1=O)C2=O. The van der Waals surface area contributed by atoms with Crippen molar-refractivity contribution in [3.8, 4) is 0 Å². The van der Waals surface area contributed by atoms with Gasteiger partial charge in [0, 0.05) is 29.7 Å². The summed E-state index contributed by atoms with van der Waals surface area (Å²) >= 11 is 0. The van der Waals surface area contributed by atoms with Crippen molar-refractivity contribution in [3.63, 3.8) is 0 Å². The Morgan fingerprint density at radius 1 is 1.02 bits per heavy atom. The summed E-state index contributed by atoms with van der Waals surface area (Å²) < 4.78 is 15.5. The Labute approximate surface area is 229 Å². The Balaban J connectivity index is 1.07. The van der Waals surface area contributed by atoms with Crippen LogP contribution in [-0.4, -0.2) is 34.6 Å². The van der Waals surface area contributed by atoms with E-state index in [1.165, 1.54) is 38.6 Å². The zero-order valence-corrected chi connectivity index (χ0v) is 21.7. The van der Waals surface area contributed by atoms with Crippen molar-refractivity contribution in [2.24, 2.45) is 0 Å². The van der Waals surface area contributed by atoms with Crippen LogP contribution in [0.5, 0.6) is 0 Å². The van der Waals surface area contributed by atoms with Gasteiger partial charge in [-0.3, -0.25) is 24.5 Å². The second-order valence-electron chi connectivity index (χ2n) is 10.8. The van der Waals surface area contributed by atoms with Gasteiger partial charge in [0.15, 0.2) is 0 Å². The number of carbonyl (C=O) groups excluding carboxylic acids is 4. The summed E-state index contributed by atoms with van der Waals surface area (Å²) in [6, 6.07) is 10.6. The van der Waals surface area contributed by atoms with Crippen LogP contribution in [0.2, 0.25) is 0 Å². The number of piperidine rings is 1. The maximum Gasteiger partial charge on any atom is 0.255 e. The number of amides is 4. The molecule has 0 saturated carbocycles. The Morgan fingerprint density at radius 3 is 2.70 bits per heavy atom. The van der Waals surface area contributed by atoms with Crippen molar-refractivity contribution in [1.29, 1.82) is 0 Å². The highest BCUT2D eigenvalue weighted by molar-refractivity contribution is 6.06. The molecular formula is C32H26FN3O4. The van der Waals surface area contributed by atoms with Gasteiger partial charge in [-0.1, -0.05) is 48.6 Å². The summed E-state index contributed by atoms with van der Waals surface area (Å²) in [5.74, 6) is -2.13. The van der Waals surface area contributed by atoms with E-state index in [4.69, 9.17) is 0 Å². The van der Waals surface area contributed by atoms with Crippen molar-refractivity contribution in [2.75, 3.05) is 0 Å². The lowest BCUT2D eigenvalue weighted by molar-refractivity contribution is -0.137. The molecule has 4 aliphatic rings. The summed E-state index contributed by atoms with van der Waals surface area (Å²) in [5, 5.41) is 7.38. The van der Waals surface area contributed by atoms with Crippen LogP contribution in [0.3, 0.4) is 0 Å². The van der Waals surface area contributed by atoms with Crippen LogP contribution in [0, 0.1) is 5.82 Å². The molecule has 1 fully saturated rings. The molecule has 8 heteroatoms. The molecule has 0 radical (unpaired) electrons. The van der Waals surface area contributed by atoms with Gasteiger partial charge < -0.3 is 10.2 Å². The minimum atomic E-state index is -0.810. The molecule has 40 heavy (non-hydrogen) atoms. The third-order valence-corrected chi connectivity index (χ3v) is 8.47. The predicted molar refractivity (Wildman–Crippen MR) is 146 cm³/mol. The van der Waals surface area contributed by atoms with Crippen molar-refractivity contribution < 1.29 is 23.6 Å². The molecule has 2 aliphatic heterocycles. The zero-order chi connectivity index (χ0) is 27.5.